The van der Waals surface area contributed by atoms with Crippen molar-refractivity contribution in [3.05, 3.63) is 67.0 Å². The van der Waals surface area contributed by atoms with Gasteiger partial charge in [0.2, 0.25) is 5.78 Å². The second-order valence-corrected chi connectivity index (χ2v) is 8.89. The Morgan fingerprint density at radius 1 is 1.03 bits per heavy atom. The Labute approximate surface area is 198 Å². The van der Waals surface area contributed by atoms with Crippen LogP contribution in [0, 0.1) is 33.6 Å². The van der Waals surface area contributed by atoms with Gasteiger partial charge in [-0.05, 0) is 74.2 Å². The number of aromatic nitrogens is 2. The van der Waals surface area contributed by atoms with Crippen molar-refractivity contribution in [2.75, 3.05) is 12.4 Å². The summed E-state index contributed by atoms with van der Waals surface area (Å²) >= 11 is 3.38. The fraction of sp³-hybridized carbons (Fsp3) is 0.292. The first-order chi connectivity index (χ1) is 15.5. The van der Waals surface area contributed by atoms with Gasteiger partial charge in [-0.3, -0.25) is 19.2 Å². The molecule has 9 heteroatoms. The van der Waals surface area contributed by atoms with Crippen LogP contribution in [-0.2, 0) is 25.5 Å². The smallest absolute Gasteiger partial charge is 0.317 e. The van der Waals surface area contributed by atoms with Crippen molar-refractivity contribution in [3.8, 4) is 0 Å². The van der Waals surface area contributed by atoms with Gasteiger partial charge in [-0.1, -0.05) is 15.9 Å². The molecule has 1 heterocycles. The molecule has 0 spiro atoms. The van der Waals surface area contributed by atoms with Gasteiger partial charge in [0, 0.05) is 16.6 Å². The molecule has 172 valence electrons. The molecule has 0 unspecified atom stereocenters. The van der Waals surface area contributed by atoms with E-state index in [9.17, 15) is 19.2 Å². The van der Waals surface area contributed by atoms with Gasteiger partial charge in [0.25, 0.3) is 11.5 Å². The SMILES string of the molecule is COC(=O)[C@H](Cc1nc2cc(C)c(C)cc2[nH]c1=O)C(=O)C(=O)Nc1c(C)cc(Br)cc1C. The van der Waals surface area contributed by atoms with Gasteiger partial charge < -0.3 is 15.0 Å². The summed E-state index contributed by atoms with van der Waals surface area (Å²) in [6, 6.07) is 7.22. The number of H-pyrrole nitrogens is 1. The molecule has 0 aliphatic heterocycles. The average Bonchev–Trinajstić information content (AvgIpc) is 2.75. The zero-order chi connectivity index (χ0) is 24.4. The molecule has 2 aromatic carbocycles. The Bertz CT molecular complexity index is 1320. The zero-order valence-corrected chi connectivity index (χ0v) is 20.5. The number of nitrogens with zero attached hydrogens (tertiary/aromatic N) is 1. The van der Waals surface area contributed by atoms with Gasteiger partial charge in [-0.2, -0.15) is 0 Å². The van der Waals surface area contributed by atoms with Crippen molar-refractivity contribution in [2.45, 2.75) is 34.1 Å². The fourth-order valence-corrected chi connectivity index (χ4v) is 4.27. The number of nitrogens with one attached hydrogen (secondary N) is 2. The highest BCUT2D eigenvalue weighted by Gasteiger charge is 2.34. The summed E-state index contributed by atoms with van der Waals surface area (Å²) in [6.45, 7) is 7.41. The van der Waals surface area contributed by atoms with Crippen LogP contribution in [0.1, 0.15) is 27.9 Å². The molecule has 0 radical (unpaired) electrons. The molecular formula is C24H24BrN3O5. The first-order valence-corrected chi connectivity index (χ1v) is 11.0. The van der Waals surface area contributed by atoms with Crippen molar-refractivity contribution >= 4 is 50.3 Å². The molecule has 1 amide bonds. The van der Waals surface area contributed by atoms with Gasteiger partial charge in [0.05, 0.1) is 18.1 Å². The Morgan fingerprint density at radius 3 is 2.24 bits per heavy atom. The molecule has 2 N–H and O–H groups in total. The zero-order valence-electron chi connectivity index (χ0n) is 19.0. The number of rotatable bonds is 6. The number of hydrogen-bond acceptors (Lipinski definition) is 6. The first kappa shape index (κ1) is 24.3. The number of fused-ring (bicyclic) bond motifs is 1. The molecular weight excluding hydrogens is 490 g/mol. The number of amides is 1. The summed E-state index contributed by atoms with van der Waals surface area (Å²) < 4.78 is 5.58. The second kappa shape index (κ2) is 9.66. The lowest BCUT2D eigenvalue weighted by atomic mass is 9.97. The summed E-state index contributed by atoms with van der Waals surface area (Å²) in [5.41, 5.74) is 4.45. The van der Waals surface area contributed by atoms with E-state index < -0.39 is 29.1 Å². The van der Waals surface area contributed by atoms with Crippen LogP contribution in [0.5, 0.6) is 0 Å². The van der Waals surface area contributed by atoms with Crippen LogP contribution < -0.4 is 10.9 Å². The molecule has 0 bridgehead atoms. The maximum absolute atomic E-state index is 13.0. The van der Waals surface area contributed by atoms with Crippen molar-refractivity contribution in [1.29, 1.82) is 0 Å². The highest BCUT2D eigenvalue weighted by Crippen LogP contribution is 2.25. The number of halogens is 1. The molecule has 1 aromatic heterocycles. The summed E-state index contributed by atoms with van der Waals surface area (Å²) in [5, 5.41) is 2.59. The lowest BCUT2D eigenvalue weighted by Crippen LogP contribution is -2.37. The standard InChI is InChI=1S/C24H24BrN3O5/c1-11-8-17-18(9-12(11)2)27-22(30)19(26-17)10-16(24(32)33-5)21(29)23(31)28-20-13(3)6-15(25)7-14(20)4/h6-9,16H,10H2,1-5H3,(H,27,30)(H,28,31)/t16-/m1/s1. The highest BCUT2D eigenvalue weighted by molar-refractivity contribution is 9.10. The minimum Gasteiger partial charge on any atom is -0.468 e. The van der Waals surface area contributed by atoms with Crippen LogP contribution in [0.4, 0.5) is 5.69 Å². The maximum atomic E-state index is 13.0. The monoisotopic (exact) mass is 513 g/mol. The van der Waals surface area contributed by atoms with Crippen LogP contribution in [0.2, 0.25) is 0 Å². The van der Waals surface area contributed by atoms with Crippen molar-refractivity contribution in [3.63, 3.8) is 0 Å². The van der Waals surface area contributed by atoms with Crippen LogP contribution in [0.15, 0.2) is 33.5 Å². The number of ketones is 1. The van der Waals surface area contributed by atoms with E-state index in [4.69, 9.17) is 4.74 Å². The van der Waals surface area contributed by atoms with E-state index in [-0.39, 0.29) is 12.1 Å². The number of Topliss-reactive ketones (excluding diaryl/α,β-unsaturated/α-hetero) is 1. The predicted octanol–water partition coefficient (Wildman–Crippen LogP) is 3.46. The molecule has 0 saturated carbocycles. The van der Waals surface area contributed by atoms with Crippen LogP contribution in [-0.4, -0.2) is 34.7 Å². The minimum atomic E-state index is -1.51. The number of carbonyl (C=O) groups excluding carboxylic acids is 3. The van der Waals surface area contributed by atoms with E-state index in [1.54, 1.807) is 26.0 Å². The Kier molecular flexibility index (Phi) is 7.12. The number of esters is 1. The van der Waals surface area contributed by atoms with E-state index in [1.165, 1.54) is 0 Å². The van der Waals surface area contributed by atoms with Gasteiger partial charge >= 0.3 is 5.97 Å². The number of ether oxygens (including phenoxy) is 1. The largest absolute Gasteiger partial charge is 0.468 e. The molecule has 1 atom stereocenters. The highest BCUT2D eigenvalue weighted by atomic mass is 79.9. The molecule has 3 aromatic rings. The molecule has 3 rings (SSSR count). The first-order valence-electron chi connectivity index (χ1n) is 10.2. The normalized spacial score (nSPS) is 11.8. The van der Waals surface area contributed by atoms with Crippen molar-refractivity contribution in [1.82, 2.24) is 9.97 Å². The quantitative estimate of drug-likeness (QED) is 0.296. The van der Waals surface area contributed by atoms with E-state index >= 15 is 0 Å². The lowest BCUT2D eigenvalue weighted by Gasteiger charge is -2.15. The summed E-state index contributed by atoms with van der Waals surface area (Å²) in [5.74, 6) is -4.41. The van der Waals surface area contributed by atoms with Crippen molar-refractivity contribution in [2.24, 2.45) is 5.92 Å². The van der Waals surface area contributed by atoms with E-state index in [2.05, 4.69) is 31.2 Å². The minimum absolute atomic E-state index is 0.0293. The molecule has 0 aliphatic rings. The molecule has 0 fully saturated rings. The number of methoxy groups -OCH3 is 1. The number of hydrogen-bond donors (Lipinski definition) is 2. The average molecular weight is 514 g/mol. The fourth-order valence-electron chi connectivity index (χ4n) is 3.58. The molecule has 33 heavy (non-hydrogen) atoms. The summed E-state index contributed by atoms with van der Waals surface area (Å²) in [7, 11) is 1.12. The van der Waals surface area contributed by atoms with Gasteiger partial charge in [-0.15, -0.1) is 0 Å². The molecule has 0 saturated heterocycles. The summed E-state index contributed by atoms with van der Waals surface area (Å²) in [6.07, 6.45) is -0.366. The van der Waals surface area contributed by atoms with Gasteiger partial charge in [-0.25, -0.2) is 4.98 Å². The summed E-state index contributed by atoms with van der Waals surface area (Å²) in [4.78, 5) is 57.8. The van der Waals surface area contributed by atoms with Gasteiger partial charge in [0.15, 0.2) is 0 Å². The molecule has 0 aliphatic carbocycles. The Balaban J connectivity index is 1.93. The third kappa shape index (κ3) is 5.19. The van der Waals surface area contributed by atoms with Gasteiger partial charge in [0.1, 0.15) is 11.6 Å². The van der Waals surface area contributed by atoms with Crippen molar-refractivity contribution < 1.29 is 19.1 Å². The second-order valence-electron chi connectivity index (χ2n) is 7.98. The third-order valence-electron chi connectivity index (χ3n) is 5.54. The Morgan fingerprint density at radius 2 is 1.64 bits per heavy atom. The van der Waals surface area contributed by atoms with Crippen LogP contribution in [0.25, 0.3) is 11.0 Å². The van der Waals surface area contributed by atoms with Crippen LogP contribution >= 0.6 is 15.9 Å². The maximum Gasteiger partial charge on any atom is 0.317 e. The number of aromatic amines is 1. The van der Waals surface area contributed by atoms with E-state index in [0.29, 0.717) is 16.7 Å². The number of benzene rings is 2. The topological polar surface area (TPSA) is 118 Å². The predicted molar refractivity (Wildman–Crippen MR) is 128 cm³/mol. The lowest BCUT2D eigenvalue weighted by molar-refractivity contribution is -0.152. The molecule has 8 nitrogen and oxygen atoms in total. The number of anilines is 1. The van der Waals surface area contributed by atoms with E-state index in [1.807, 2.05) is 26.0 Å². The number of carbonyl (C=O) groups is 3. The number of aryl methyl sites for hydroxylation is 4. The third-order valence-corrected chi connectivity index (χ3v) is 6.00. The van der Waals surface area contributed by atoms with Crippen LogP contribution in [0.3, 0.4) is 0 Å². The Hall–Kier alpha value is -3.33. The van der Waals surface area contributed by atoms with E-state index in [0.717, 1.165) is 33.8 Å².